The van der Waals surface area contributed by atoms with Crippen LogP contribution in [0, 0.1) is 6.92 Å². The molecule has 0 bridgehead atoms. The number of carbonyl (C=O) groups excluding carboxylic acids is 1. The molecular formula is C24H19ClO3. The Morgan fingerprint density at radius 2 is 1.71 bits per heavy atom. The number of methoxy groups -OCH3 is 1. The zero-order valence-corrected chi connectivity index (χ0v) is 16.4. The number of fused-ring (bicyclic) bond motifs is 1. The van der Waals surface area contributed by atoms with Crippen molar-refractivity contribution in [1.82, 2.24) is 0 Å². The second-order valence-corrected chi connectivity index (χ2v) is 7.19. The molecule has 28 heavy (non-hydrogen) atoms. The van der Waals surface area contributed by atoms with Gasteiger partial charge in [-0.3, -0.25) is 4.79 Å². The van der Waals surface area contributed by atoms with Gasteiger partial charge in [-0.15, -0.1) is 0 Å². The maximum atomic E-state index is 13.3. The molecular weight excluding hydrogens is 372 g/mol. The summed E-state index contributed by atoms with van der Waals surface area (Å²) < 4.78 is 11.5. The molecule has 0 amide bonds. The standard InChI is InChI=1S/C24H19ClO3/c1-15-3-12-20-22(13-15)28-24(17-6-8-18(25)9-7-17)21(23(20)26)14-16-4-10-19(27-2)11-5-16/h3-14,24H,1-2H3/b21-14-. The summed E-state index contributed by atoms with van der Waals surface area (Å²) in [5.74, 6) is 1.34. The highest BCUT2D eigenvalue weighted by atomic mass is 35.5. The van der Waals surface area contributed by atoms with Gasteiger partial charge in [-0.05, 0) is 66.1 Å². The van der Waals surface area contributed by atoms with Crippen molar-refractivity contribution in [3.8, 4) is 11.5 Å². The van der Waals surface area contributed by atoms with Gasteiger partial charge >= 0.3 is 0 Å². The van der Waals surface area contributed by atoms with Crippen LogP contribution in [0.15, 0.2) is 72.3 Å². The largest absolute Gasteiger partial charge is 0.497 e. The molecule has 0 spiro atoms. The van der Waals surface area contributed by atoms with Crippen LogP contribution >= 0.6 is 11.6 Å². The lowest BCUT2D eigenvalue weighted by Gasteiger charge is -2.28. The second-order valence-electron chi connectivity index (χ2n) is 6.75. The molecule has 1 atom stereocenters. The number of aryl methyl sites for hydroxylation is 1. The maximum absolute atomic E-state index is 13.3. The van der Waals surface area contributed by atoms with E-state index < -0.39 is 6.10 Å². The van der Waals surface area contributed by atoms with Crippen LogP contribution in [0.25, 0.3) is 6.08 Å². The van der Waals surface area contributed by atoms with E-state index >= 15 is 0 Å². The van der Waals surface area contributed by atoms with Gasteiger partial charge in [-0.25, -0.2) is 0 Å². The molecule has 4 rings (SSSR count). The van der Waals surface area contributed by atoms with E-state index in [-0.39, 0.29) is 5.78 Å². The third-order valence-corrected chi connectivity index (χ3v) is 5.03. The number of benzene rings is 3. The van der Waals surface area contributed by atoms with E-state index in [9.17, 15) is 4.79 Å². The number of ketones is 1. The third kappa shape index (κ3) is 3.54. The summed E-state index contributed by atoms with van der Waals surface area (Å²) in [7, 11) is 1.63. The van der Waals surface area contributed by atoms with Crippen LogP contribution in [-0.4, -0.2) is 12.9 Å². The van der Waals surface area contributed by atoms with Crippen molar-refractivity contribution in [3.05, 3.63) is 99.6 Å². The Bertz CT molecular complexity index is 1050. The van der Waals surface area contributed by atoms with Gasteiger partial charge in [0.05, 0.1) is 12.7 Å². The normalized spacial score (nSPS) is 17.2. The Kier molecular flexibility index (Phi) is 4.93. The fraction of sp³-hybridized carbons (Fsp3) is 0.125. The lowest BCUT2D eigenvalue weighted by molar-refractivity contribution is 0.0963. The van der Waals surface area contributed by atoms with E-state index in [1.54, 1.807) is 7.11 Å². The minimum absolute atomic E-state index is 0.0305. The van der Waals surface area contributed by atoms with Crippen molar-refractivity contribution in [3.63, 3.8) is 0 Å². The second kappa shape index (κ2) is 7.53. The number of ether oxygens (including phenoxy) is 2. The Balaban J connectivity index is 1.83. The summed E-state index contributed by atoms with van der Waals surface area (Å²) in [4.78, 5) is 13.3. The van der Waals surface area contributed by atoms with Gasteiger partial charge in [0.25, 0.3) is 0 Å². The van der Waals surface area contributed by atoms with Crippen LogP contribution in [0.4, 0.5) is 0 Å². The van der Waals surface area contributed by atoms with E-state index in [1.165, 1.54) is 0 Å². The predicted molar refractivity (Wildman–Crippen MR) is 111 cm³/mol. The third-order valence-electron chi connectivity index (χ3n) is 4.78. The average Bonchev–Trinajstić information content (AvgIpc) is 2.71. The van der Waals surface area contributed by atoms with Gasteiger partial charge in [0.2, 0.25) is 0 Å². The summed E-state index contributed by atoms with van der Waals surface area (Å²) in [6, 6.07) is 20.6. The lowest BCUT2D eigenvalue weighted by Crippen LogP contribution is -2.23. The molecule has 140 valence electrons. The fourth-order valence-electron chi connectivity index (χ4n) is 3.29. The molecule has 3 nitrogen and oxygen atoms in total. The van der Waals surface area contributed by atoms with Crippen LogP contribution in [0.5, 0.6) is 11.5 Å². The molecule has 0 radical (unpaired) electrons. The Morgan fingerprint density at radius 3 is 2.39 bits per heavy atom. The van der Waals surface area contributed by atoms with E-state index in [0.29, 0.717) is 21.9 Å². The molecule has 1 heterocycles. The molecule has 0 saturated heterocycles. The maximum Gasteiger partial charge on any atom is 0.196 e. The minimum atomic E-state index is -0.499. The van der Waals surface area contributed by atoms with Crippen molar-refractivity contribution >= 4 is 23.5 Å². The first-order valence-corrected chi connectivity index (χ1v) is 9.36. The highest BCUT2D eigenvalue weighted by Gasteiger charge is 2.33. The molecule has 1 unspecified atom stereocenters. The summed E-state index contributed by atoms with van der Waals surface area (Å²) in [5, 5.41) is 0.641. The van der Waals surface area contributed by atoms with Gasteiger partial charge in [-0.2, -0.15) is 0 Å². The first-order chi connectivity index (χ1) is 13.5. The molecule has 3 aromatic carbocycles. The van der Waals surface area contributed by atoms with Crippen molar-refractivity contribution < 1.29 is 14.3 Å². The summed E-state index contributed by atoms with van der Waals surface area (Å²) >= 11 is 6.04. The van der Waals surface area contributed by atoms with E-state index in [4.69, 9.17) is 21.1 Å². The summed E-state index contributed by atoms with van der Waals surface area (Å²) in [5.41, 5.74) is 4.00. The Labute approximate surface area is 169 Å². The molecule has 0 aromatic heterocycles. The molecule has 1 aliphatic heterocycles. The van der Waals surface area contributed by atoms with Crippen LogP contribution in [0.1, 0.15) is 33.2 Å². The van der Waals surface area contributed by atoms with Gasteiger partial charge in [-0.1, -0.05) is 41.9 Å². The molecule has 3 aromatic rings. The van der Waals surface area contributed by atoms with Gasteiger partial charge in [0, 0.05) is 10.6 Å². The van der Waals surface area contributed by atoms with Crippen LogP contribution in [0.3, 0.4) is 0 Å². The zero-order chi connectivity index (χ0) is 19.7. The lowest BCUT2D eigenvalue weighted by atomic mass is 9.89. The molecule has 0 N–H and O–H groups in total. The van der Waals surface area contributed by atoms with E-state index in [0.717, 1.165) is 22.4 Å². The number of Topliss-reactive ketones (excluding diaryl/α,β-unsaturated/α-hetero) is 1. The average molecular weight is 391 g/mol. The van der Waals surface area contributed by atoms with Crippen molar-refractivity contribution in [2.75, 3.05) is 7.11 Å². The van der Waals surface area contributed by atoms with Crippen molar-refractivity contribution in [2.45, 2.75) is 13.0 Å². The Morgan fingerprint density at radius 1 is 1.00 bits per heavy atom. The molecule has 0 saturated carbocycles. The topological polar surface area (TPSA) is 35.5 Å². The van der Waals surface area contributed by atoms with E-state index in [2.05, 4.69) is 0 Å². The quantitative estimate of drug-likeness (QED) is 0.510. The SMILES string of the molecule is COc1ccc(/C=C2/C(=O)c3ccc(C)cc3OC2c2ccc(Cl)cc2)cc1. The molecule has 4 heteroatoms. The minimum Gasteiger partial charge on any atom is -0.497 e. The highest BCUT2D eigenvalue weighted by molar-refractivity contribution is 6.30. The summed E-state index contributed by atoms with van der Waals surface area (Å²) in [6.07, 6.45) is 1.38. The predicted octanol–water partition coefficient (Wildman–Crippen LogP) is 6.06. The van der Waals surface area contributed by atoms with Crippen molar-refractivity contribution in [2.24, 2.45) is 0 Å². The smallest absolute Gasteiger partial charge is 0.196 e. The molecule has 0 fully saturated rings. The molecule has 0 aliphatic carbocycles. The Hall–Kier alpha value is -3.04. The first-order valence-electron chi connectivity index (χ1n) is 8.98. The van der Waals surface area contributed by atoms with Crippen LogP contribution < -0.4 is 9.47 Å². The first kappa shape index (κ1) is 18.3. The van der Waals surface area contributed by atoms with Gasteiger partial charge < -0.3 is 9.47 Å². The summed E-state index contributed by atoms with van der Waals surface area (Å²) in [6.45, 7) is 1.98. The van der Waals surface area contributed by atoms with Gasteiger partial charge in [0.1, 0.15) is 11.5 Å². The molecule has 1 aliphatic rings. The monoisotopic (exact) mass is 390 g/mol. The van der Waals surface area contributed by atoms with Crippen LogP contribution in [0.2, 0.25) is 5.02 Å². The highest BCUT2D eigenvalue weighted by Crippen LogP contribution is 2.40. The number of hydrogen-bond donors (Lipinski definition) is 0. The number of halogens is 1. The number of carbonyl (C=O) groups is 1. The van der Waals surface area contributed by atoms with Crippen LogP contribution in [-0.2, 0) is 0 Å². The van der Waals surface area contributed by atoms with E-state index in [1.807, 2.05) is 79.7 Å². The van der Waals surface area contributed by atoms with Crippen molar-refractivity contribution in [1.29, 1.82) is 0 Å². The number of hydrogen-bond acceptors (Lipinski definition) is 3. The fourth-order valence-corrected chi connectivity index (χ4v) is 3.41. The van der Waals surface area contributed by atoms with Gasteiger partial charge in [0.15, 0.2) is 11.9 Å². The zero-order valence-electron chi connectivity index (χ0n) is 15.6. The number of rotatable bonds is 3.